The predicted molar refractivity (Wildman–Crippen MR) is 59.6 cm³/mol. The summed E-state index contributed by atoms with van der Waals surface area (Å²) in [6.07, 6.45) is 5.67. The summed E-state index contributed by atoms with van der Waals surface area (Å²) < 4.78 is 0. The smallest absolute Gasteiger partial charge is 0.115 e. The molecule has 0 amide bonds. The van der Waals surface area contributed by atoms with E-state index in [1.807, 2.05) is 12.1 Å². The van der Waals surface area contributed by atoms with E-state index < -0.39 is 0 Å². The van der Waals surface area contributed by atoms with E-state index in [0.29, 0.717) is 5.92 Å². The number of aliphatic hydroxyl groups is 1. The van der Waals surface area contributed by atoms with E-state index in [1.165, 1.54) is 19.3 Å². The Morgan fingerprint density at radius 1 is 1.00 bits per heavy atom. The second-order valence-electron chi connectivity index (χ2n) is 4.43. The molecule has 0 radical (unpaired) electrons. The average Bonchev–Trinajstić information content (AvgIpc) is 2.30. The molecule has 2 heteroatoms. The van der Waals surface area contributed by atoms with E-state index in [9.17, 15) is 5.11 Å². The Balaban J connectivity index is 2.05. The number of hydrogen-bond donors (Lipinski definition) is 2. The summed E-state index contributed by atoms with van der Waals surface area (Å²) in [6.45, 7) is 0. The van der Waals surface area contributed by atoms with Crippen LogP contribution in [0.5, 0.6) is 5.75 Å². The molecular weight excluding hydrogens is 188 g/mol. The van der Waals surface area contributed by atoms with E-state index in [-0.39, 0.29) is 11.9 Å². The molecule has 2 nitrogen and oxygen atoms in total. The number of phenolic OH excluding ortho intramolecular Hbond substituents is 1. The minimum absolute atomic E-state index is 0.259. The zero-order valence-corrected chi connectivity index (χ0v) is 8.89. The summed E-state index contributed by atoms with van der Waals surface area (Å²) in [5.74, 6) is 0.665. The Hall–Kier alpha value is -1.02. The van der Waals surface area contributed by atoms with Gasteiger partial charge in [-0.3, -0.25) is 0 Å². The van der Waals surface area contributed by atoms with E-state index >= 15 is 0 Å². The van der Waals surface area contributed by atoms with Gasteiger partial charge in [0, 0.05) is 0 Å². The first-order valence-electron chi connectivity index (χ1n) is 5.74. The second kappa shape index (κ2) is 4.67. The van der Waals surface area contributed by atoms with Gasteiger partial charge in [0.15, 0.2) is 0 Å². The fourth-order valence-corrected chi connectivity index (χ4v) is 2.39. The van der Waals surface area contributed by atoms with Gasteiger partial charge in [-0.15, -0.1) is 0 Å². The maximum atomic E-state index is 10.2. The van der Waals surface area contributed by atoms with Crippen molar-refractivity contribution in [3.05, 3.63) is 29.8 Å². The highest BCUT2D eigenvalue weighted by Gasteiger charge is 2.22. The molecule has 1 unspecified atom stereocenters. The third-order valence-corrected chi connectivity index (χ3v) is 3.33. The van der Waals surface area contributed by atoms with Gasteiger partial charge in [-0.2, -0.15) is 0 Å². The van der Waals surface area contributed by atoms with Gasteiger partial charge >= 0.3 is 0 Å². The molecule has 0 aliphatic heterocycles. The zero-order chi connectivity index (χ0) is 10.7. The molecule has 15 heavy (non-hydrogen) atoms. The van der Waals surface area contributed by atoms with Crippen molar-refractivity contribution in [2.24, 2.45) is 5.92 Å². The molecule has 1 saturated carbocycles. The molecule has 0 spiro atoms. The Labute approximate surface area is 90.6 Å². The molecule has 2 rings (SSSR count). The van der Waals surface area contributed by atoms with Crippen LogP contribution in [0, 0.1) is 5.92 Å². The van der Waals surface area contributed by atoms with Crippen LogP contribution >= 0.6 is 0 Å². The van der Waals surface area contributed by atoms with Crippen molar-refractivity contribution in [2.75, 3.05) is 0 Å². The van der Waals surface area contributed by atoms with Gasteiger partial charge in [0.2, 0.25) is 0 Å². The van der Waals surface area contributed by atoms with Crippen molar-refractivity contribution < 1.29 is 10.2 Å². The van der Waals surface area contributed by atoms with Crippen molar-refractivity contribution >= 4 is 0 Å². The molecule has 1 aromatic rings. The maximum absolute atomic E-state index is 10.2. The normalized spacial score (nSPS) is 20.1. The first-order valence-corrected chi connectivity index (χ1v) is 5.74. The summed E-state index contributed by atoms with van der Waals surface area (Å²) in [6, 6.07) is 6.91. The van der Waals surface area contributed by atoms with Crippen molar-refractivity contribution in [2.45, 2.75) is 38.2 Å². The molecule has 2 N–H and O–H groups in total. The van der Waals surface area contributed by atoms with Crippen LogP contribution in [0.25, 0.3) is 0 Å². The van der Waals surface area contributed by atoms with Crippen LogP contribution < -0.4 is 0 Å². The fourth-order valence-electron chi connectivity index (χ4n) is 2.39. The largest absolute Gasteiger partial charge is 0.508 e. The molecule has 0 heterocycles. The van der Waals surface area contributed by atoms with Crippen molar-refractivity contribution in [1.82, 2.24) is 0 Å². The lowest BCUT2D eigenvalue weighted by Crippen LogP contribution is -2.15. The van der Waals surface area contributed by atoms with E-state index in [0.717, 1.165) is 18.4 Å². The number of rotatable bonds is 2. The fraction of sp³-hybridized carbons (Fsp3) is 0.538. The Morgan fingerprint density at radius 2 is 1.60 bits per heavy atom. The highest BCUT2D eigenvalue weighted by atomic mass is 16.3. The number of hydrogen-bond acceptors (Lipinski definition) is 2. The number of phenols is 1. The van der Waals surface area contributed by atoms with Gasteiger partial charge in [-0.05, 0) is 36.5 Å². The molecule has 1 aromatic carbocycles. The number of aliphatic hydroxyl groups excluding tert-OH is 1. The third-order valence-electron chi connectivity index (χ3n) is 3.33. The van der Waals surface area contributed by atoms with Crippen LogP contribution in [0.4, 0.5) is 0 Å². The van der Waals surface area contributed by atoms with Gasteiger partial charge in [0.25, 0.3) is 0 Å². The molecule has 82 valence electrons. The van der Waals surface area contributed by atoms with Crippen LogP contribution in [0.1, 0.15) is 43.8 Å². The monoisotopic (exact) mass is 206 g/mol. The molecule has 1 fully saturated rings. The summed E-state index contributed by atoms with van der Waals surface area (Å²) >= 11 is 0. The Morgan fingerprint density at radius 3 is 2.20 bits per heavy atom. The van der Waals surface area contributed by atoms with E-state index in [4.69, 9.17) is 5.11 Å². The molecule has 0 bridgehead atoms. The van der Waals surface area contributed by atoms with Crippen molar-refractivity contribution in [3.8, 4) is 5.75 Å². The van der Waals surface area contributed by atoms with Crippen LogP contribution in [0.2, 0.25) is 0 Å². The molecular formula is C13H18O2. The summed E-state index contributed by atoms with van der Waals surface area (Å²) in [5, 5.41) is 19.3. The zero-order valence-electron chi connectivity index (χ0n) is 8.89. The van der Waals surface area contributed by atoms with Gasteiger partial charge < -0.3 is 10.2 Å². The lowest BCUT2D eigenvalue weighted by atomic mass is 9.83. The number of aromatic hydroxyl groups is 1. The highest BCUT2D eigenvalue weighted by molar-refractivity contribution is 5.27. The first-order chi connectivity index (χ1) is 7.27. The first kappa shape index (κ1) is 10.5. The summed E-state index contributed by atoms with van der Waals surface area (Å²) in [5.41, 5.74) is 0.930. The molecule has 0 aromatic heterocycles. The lowest BCUT2D eigenvalue weighted by Gasteiger charge is -2.26. The minimum Gasteiger partial charge on any atom is -0.508 e. The minimum atomic E-state index is -0.356. The van der Waals surface area contributed by atoms with Crippen molar-refractivity contribution in [3.63, 3.8) is 0 Å². The van der Waals surface area contributed by atoms with Gasteiger partial charge in [-0.1, -0.05) is 31.4 Å². The third kappa shape index (κ3) is 2.51. The second-order valence-corrected chi connectivity index (χ2v) is 4.43. The average molecular weight is 206 g/mol. The van der Waals surface area contributed by atoms with Crippen molar-refractivity contribution in [1.29, 1.82) is 0 Å². The quantitative estimate of drug-likeness (QED) is 0.781. The van der Waals surface area contributed by atoms with Crippen LogP contribution in [-0.2, 0) is 0 Å². The van der Waals surface area contributed by atoms with E-state index in [1.54, 1.807) is 12.1 Å². The Kier molecular flexibility index (Phi) is 3.27. The molecule has 0 saturated heterocycles. The van der Waals surface area contributed by atoms with Gasteiger partial charge in [0.05, 0.1) is 6.10 Å². The highest BCUT2D eigenvalue weighted by Crippen LogP contribution is 2.34. The van der Waals surface area contributed by atoms with Gasteiger partial charge in [0.1, 0.15) is 5.75 Å². The molecule has 1 aliphatic rings. The SMILES string of the molecule is Oc1ccc(C(O)C2CCCCC2)cc1. The summed E-state index contributed by atoms with van der Waals surface area (Å²) in [7, 11) is 0. The predicted octanol–water partition coefficient (Wildman–Crippen LogP) is 3.01. The number of benzene rings is 1. The standard InChI is InChI=1S/C13H18O2/c14-12-8-6-11(7-9-12)13(15)10-4-2-1-3-5-10/h6-10,13-15H,1-5H2. The molecule has 1 atom stereocenters. The maximum Gasteiger partial charge on any atom is 0.115 e. The van der Waals surface area contributed by atoms with Crippen LogP contribution in [0.15, 0.2) is 24.3 Å². The molecule has 1 aliphatic carbocycles. The summed E-state index contributed by atoms with van der Waals surface area (Å²) in [4.78, 5) is 0. The lowest BCUT2D eigenvalue weighted by molar-refractivity contribution is 0.0848. The van der Waals surface area contributed by atoms with Gasteiger partial charge in [-0.25, -0.2) is 0 Å². The topological polar surface area (TPSA) is 40.5 Å². The van der Waals surface area contributed by atoms with E-state index in [2.05, 4.69) is 0 Å². The van der Waals surface area contributed by atoms with Crippen LogP contribution in [0.3, 0.4) is 0 Å². The Bertz CT molecular complexity index is 299. The van der Waals surface area contributed by atoms with Crippen LogP contribution in [-0.4, -0.2) is 10.2 Å².